The quantitative estimate of drug-likeness (QED) is 0.377. The van der Waals surface area contributed by atoms with Crippen molar-refractivity contribution in [3.63, 3.8) is 0 Å². The number of anilines is 1. The van der Waals surface area contributed by atoms with Gasteiger partial charge in [0, 0.05) is 5.02 Å². The molecule has 0 unspecified atom stereocenters. The number of nitrogens with zero attached hydrogens (tertiary/aromatic N) is 1. The van der Waals surface area contributed by atoms with Gasteiger partial charge < -0.3 is 9.47 Å². The average Bonchev–Trinajstić information content (AvgIpc) is 2.73. The van der Waals surface area contributed by atoms with Crippen LogP contribution in [-0.2, 0) is 9.59 Å². The highest BCUT2D eigenvalue weighted by molar-refractivity contribution is 9.10. The van der Waals surface area contributed by atoms with Crippen molar-refractivity contribution in [2.45, 2.75) is 6.92 Å². The molecule has 2 aromatic carbocycles. The molecule has 0 spiro atoms. The largest absolute Gasteiger partial charge is 0.493 e. The van der Waals surface area contributed by atoms with E-state index in [0.717, 1.165) is 4.90 Å². The Labute approximate surface area is 192 Å². The molecule has 0 radical (unpaired) electrons. The fourth-order valence-corrected chi connectivity index (χ4v) is 3.70. The Morgan fingerprint density at radius 3 is 2.71 bits per heavy atom. The number of methoxy groups -OCH3 is 1. The third-order valence-electron chi connectivity index (χ3n) is 4.44. The fourth-order valence-electron chi connectivity index (χ4n) is 2.96. The van der Waals surface area contributed by atoms with Gasteiger partial charge in [-0.2, -0.15) is 0 Å². The Balaban J connectivity index is 2.05. The van der Waals surface area contributed by atoms with Gasteiger partial charge in [0.15, 0.2) is 11.5 Å². The number of halogens is 2. The summed E-state index contributed by atoms with van der Waals surface area (Å²) in [5.74, 6) is 1.51. The second-order valence-corrected chi connectivity index (χ2v) is 7.63. The van der Waals surface area contributed by atoms with Crippen molar-refractivity contribution in [3.05, 3.63) is 56.5 Å². The maximum atomic E-state index is 13.1. The van der Waals surface area contributed by atoms with Gasteiger partial charge >= 0.3 is 6.03 Å². The molecule has 0 aliphatic carbocycles. The predicted octanol–water partition coefficient (Wildman–Crippen LogP) is 4.10. The van der Waals surface area contributed by atoms with Gasteiger partial charge in [-0.25, -0.2) is 9.69 Å². The molecule has 1 heterocycles. The van der Waals surface area contributed by atoms with E-state index in [-0.39, 0.29) is 17.9 Å². The monoisotopic (exact) mass is 502 g/mol. The number of benzene rings is 2. The van der Waals surface area contributed by atoms with E-state index in [2.05, 4.69) is 27.2 Å². The van der Waals surface area contributed by atoms with Gasteiger partial charge in [-0.15, -0.1) is 6.42 Å². The molecule has 0 aromatic heterocycles. The standard InChI is InChI=1S/C22H16BrClN2O5/c1-4-8-31-19-15(23)10-13(11-18(19)30-3)9-14-20(27)25-22(29)26(21(14)28)17-7-5-6-16(24)12(17)2/h1,5-7,9-11H,8H2,2-3H3,(H,25,27,29)/b14-9+. The Bertz CT molecular complexity index is 1170. The molecule has 4 amide bonds. The molecule has 31 heavy (non-hydrogen) atoms. The minimum atomic E-state index is -0.852. The van der Waals surface area contributed by atoms with Crippen molar-refractivity contribution in [3.8, 4) is 23.8 Å². The van der Waals surface area contributed by atoms with Gasteiger partial charge in [-0.05, 0) is 64.3 Å². The normalized spacial score (nSPS) is 15.0. The molecule has 7 nitrogen and oxygen atoms in total. The second kappa shape index (κ2) is 9.25. The lowest BCUT2D eigenvalue weighted by Gasteiger charge is -2.27. The van der Waals surface area contributed by atoms with Crippen molar-refractivity contribution >= 4 is 57.1 Å². The zero-order chi connectivity index (χ0) is 22.7. The van der Waals surface area contributed by atoms with E-state index in [1.807, 2.05) is 0 Å². The molecule has 1 aliphatic heterocycles. The first-order chi connectivity index (χ1) is 14.8. The summed E-state index contributed by atoms with van der Waals surface area (Å²) in [4.78, 5) is 38.8. The molecule has 0 bridgehead atoms. The smallest absolute Gasteiger partial charge is 0.335 e. The maximum absolute atomic E-state index is 13.1. The molecule has 9 heteroatoms. The molecular formula is C22H16BrClN2O5. The fraction of sp³-hybridized carbons (Fsp3) is 0.136. The molecule has 0 atom stereocenters. The molecule has 0 saturated carbocycles. The zero-order valence-corrected chi connectivity index (χ0v) is 18.8. The van der Waals surface area contributed by atoms with E-state index >= 15 is 0 Å². The Morgan fingerprint density at radius 2 is 2.03 bits per heavy atom. The van der Waals surface area contributed by atoms with Crippen LogP contribution in [-0.4, -0.2) is 31.6 Å². The van der Waals surface area contributed by atoms with Crippen molar-refractivity contribution in [2.24, 2.45) is 0 Å². The number of urea groups is 1. The third-order valence-corrected chi connectivity index (χ3v) is 5.44. The van der Waals surface area contributed by atoms with Crippen LogP contribution in [0.2, 0.25) is 5.02 Å². The molecule has 1 N–H and O–H groups in total. The number of nitrogens with one attached hydrogen (secondary N) is 1. The van der Waals surface area contributed by atoms with Crippen LogP contribution in [0.25, 0.3) is 6.08 Å². The maximum Gasteiger partial charge on any atom is 0.335 e. The third kappa shape index (κ3) is 4.43. The van der Waals surface area contributed by atoms with Crippen molar-refractivity contribution < 1.29 is 23.9 Å². The van der Waals surface area contributed by atoms with Crippen LogP contribution in [0, 0.1) is 19.3 Å². The van der Waals surface area contributed by atoms with Crippen molar-refractivity contribution in [1.29, 1.82) is 0 Å². The van der Waals surface area contributed by atoms with Gasteiger partial charge in [-0.1, -0.05) is 23.6 Å². The van der Waals surface area contributed by atoms with Gasteiger partial charge in [0.1, 0.15) is 12.2 Å². The van der Waals surface area contributed by atoms with Crippen LogP contribution in [0.5, 0.6) is 11.5 Å². The lowest BCUT2D eigenvalue weighted by molar-refractivity contribution is -0.122. The molecule has 2 aromatic rings. The highest BCUT2D eigenvalue weighted by Gasteiger charge is 2.37. The highest BCUT2D eigenvalue weighted by atomic mass is 79.9. The Kier molecular flexibility index (Phi) is 6.68. The predicted molar refractivity (Wildman–Crippen MR) is 120 cm³/mol. The van der Waals surface area contributed by atoms with Crippen LogP contribution >= 0.6 is 27.5 Å². The van der Waals surface area contributed by atoms with E-state index < -0.39 is 17.8 Å². The summed E-state index contributed by atoms with van der Waals surface area (Å²) < 4.78 is 11.3. The summed E-state index contributed by atoms with van der Waals surface area (Å²) in [6.07, 6.45) is 6.59. The number of carbonyl (C=O) groups is 3. The SMILES string of the molecule is C#CCOc1c(Br)cc(/C=C2\C(=O)NC(=O)N(c3cccc(Cl)c3C)C2=O)cc1OC. The molecule has 1 aliphatic rings. The van der Waals surface area contributed by atoms with E-state index in [1.54, 1.807) is 37.3 Å². The van der Waals surface area contributed by atoms with E-state index in [4.69, 9.17) is 27.5 Å². The minimum absolute atomic E-state index is 0.0341. The van der Waals surface area contributed by atoms with E-state index in [1.165, 1.54) is 13.2 Å². The number of terminal acetylenes is 1. The van der Waals surface area contributed by atoms with Crippen LogP contribution in [0.1, 0.15) is 11.1 Å². The van der Waals surface area contributed by atoms with Crippen molar-refractivity contribution in [1.82, 2.24) is 5.32 Å². The molecule has 158 valence electrons. The van der Waals surface area contributed by atoms with E-state index in [0.29, 0.717) is 32.1 Å². The summed E-state index contributed by atoms with van der Waals surface area (Å²) >= 11 is 9.50. The summed E-state index contributed by atoms with van der Waals surface area (Å²) in [5.41, 5.74) is 1.05. The number of barbiturate groups is 1. The number of imide groups is 2. The summed E-state index contributed by atoms with van der Waals surface area (Å²) in [5, 5.41) is 2.57. The summed E-state index contributed by atoms with van der Waals surface area (Å²) in [6.45, 7) is 1.71. The lowest BCUT2D eigenvalue weighted by atomic mass is 10.1. The average molecular weight is 504 g/mol. The van der Waals surface area contributed by atoms with Crippen LogP contribution in [0.4, 0.5) is 10.5 Å². The van der Waals surface area contributed by atoms with Crippen LogP contribution < -0.4 is 19.7 Å². The number of rotatable bonds is 5. The van der Waals surface area contributed by atoms with Crippen LogP contribution in [0.15, 0.2) is 40.4 Å². The van der Waals surface area contributed by atoms with Gasteiger partial charge in [0.05, 0.1) is 17.3 Å². The zero-order valence-electron chi connectivity index (χ0n) is 16.5. The minimum Gasteiger partial charge on any atom is -0.493 e. The van der Waals surface area contributed by atoms with Crippen LogP contribution in [0.3, 0.4) is 0 Å². The topological polar surface area (TPSA) is 84.9 Å². The number of hydrogen-bond acceptors (Lipinski definition) is 5. The lowest BCUT2D eigenvalue weighted by Crippen LogP contribution is -2.54. The number of carbonyl (C=O) groups excluding carboxylic acids is 3. The molecule has 3 rings (SSSR count). The van der Waals surface area contributed by atoms with Crippen molar-refractivity contribution in [2.75, 3.05) is 18.6 Å². The molecular weight excluding hydrogens is 488 g/mol. The first-order valence-corrected chi connectivity index (χ1v) is 10.1. The number of amides is 4. The number of hydrogen-bond donors (Lipinski definition) is 1. The molecule has 1 fully saturated rings. The summed E-state index contributed by atoms with van der Waals surface area (Å²) in [6, 6.07) is 7.19. The Morgan fingerprint density at radius 1 is 1.29 bits per heavy atom. The summed E-state index contributed by atoms with van der Waals surface area (Å²) in [7, 11) is 1.45. The first-order valence-electron chi connectivity index (χ1n) is 8.88. The van der Waals surface area contributed by atoms with E-state index in [9.17, 15) is 14.4 Å². The van der Waals surface area contributed by atoms with Gasteiger partial charge in [0.25, 0.3) is 11.8 Å². The van der Waals surface area contributed by atoms with Gasteiger partial charge in [-0.3, -0.25) is 14.9 Å². The first kappa shape index (κ1) is 22.4. The highest BCUT2D eigenvalue weighted by Crippen LogP contribution is 2.37. The van der Waals surface area contributed by atoms with Gasteiger partial charge in [0.2, 0.25) is 0 Å². The second-order valence-electron chi connectivity index (χ2n) is 6.37. The Hall–Kier alpha value is -3.28. The molecule has 1 saturated heterocycles. The number of ether oxygens (including phenoxy) is 2.